The van der Waals surface area contributed by atoms with E-state index in [0.717, 1.165) is 11.1 Å². The molecule has 2 aromatic heterocycles. The summed E-state index contributed by atoms with van der Waals surface area (Å²) in [5.74, 6) is 0.205. The molecule has 0 atom stereocenters. The molecule has 0 aliphatic heterocycles. The number of carbonyl (C=O) groups excluding carboxylic acids is 2. The van der Waals surface area contributed by atoms with Crippen molar-refractivity contribution in [3.8, 4) is 0 Å². The lowest BCUT2D eigenvalue weighted by Gasteiger charge is -2.01. The quantitative estimate of drug-likeness (QED) is 0.634. The fourth-order valence-electron chi connectivity index (χ4n) is 1.18. The van der Waals surface area contributed by atoms with Gasteiger partial charge in [-0.1, -0.05) is 0 Å². The Morgan fingerprint density at radius 2 is 1.60 bits per heavy atom. The smallest absolute Gasteiger partial charge is 0.188 e. The molecule has 0 N–H and O–H groups in total. The van der Waals surface area contributed by atoms with Crippen LogP contribution >= 0.6 is 22.7 Å². The molecule has 0 fully saturated rings. The van der Waals surface area contributed by atoms with Gasteiger partial charge in [-0.25, -0.2) is 0 Å². The topological polar surface area (TPSA) is 37.4 Å². The minimum absolute atomic E-state index is 0.0601. The third-order valence-corrected chi connectivity index (χ3v) is 3.62. The zero-order valence-electron chi connectivity index (χ0n) is 11.7. The molecule has 0 amide bonds. The molecule has 0 aliphatic carbocycles. The average molecular weight is 307 g/mol. The monoisotopic (exact) mass is 307 g/mol. The van der Waals surface area contributed by atoms with Crippen LogP contribution in [0.15, 0.2) is 45.9 Å². The molecule has 0 spiro atoms. The van der Waals surface area contributed by atoms with Crippen molar-refractivity contribution in [1.82, 2.24) is 4.90 Å². The van der Waals surface area contributed by atoms with Crippen LogP contribution in [0.2, 0.25) is 0 Å². The number of carbonyl (C=O) groups is 2. The van der Waals surface area contributed by atoms with Gasteiger partial charge >= 0.3 is 0 Å². The van der Waals surface area contributed by atoms with Gasteiger partial charge in [-0.3, -0.25) is 9.59 Å². The lowest BCUT2D eigenvalue weighted by molar-refractivity contribution is 0.101. The van der Waals surface area contributed by atoms with Crippen molar-refractivity contribution in [3.63, 3.8) is 0 Å². The van der Waals surface area contributed by atoms with Crippen molar-refractivity contribution in [2.24, 2.45) is 0 Å². The standard InChI is InChI=1S/C9H11NOS.C6H6OS/c1-10(2)5-3-9(11)8-4-6-12-7-8;1-5(7)6-2-3-8-4-6/h3-7H,1-2H3;2-4H,1H3/b5-3+;. The van der Waals surface area contributed by atoms with Gasteiger partial charge in [0, 0.05) is 48.3 Å². The number of allylic oxidation sites excluding steroid dienone is 1. The van der Waals surface area contributed by atoms with Gasteiger partial charge < -0.3 is 4.90 Å². The molecule has 0 aromatic carbocycles. The van der Waals surface area contributed by atoms with E-state index in [1.807, 2.05) is 52.6 Å². The van der Waals surface area contributed by atoms with Gasteiger partial charge in [0.2, 0.25) is 0 Å². The summed E-state index contributed by atoms with van der Waals surface area (Å²) in [5, 5.41) is 7.50. The van der Waals surface area contributed by atoms with Gasteiger partial charge in [0.25, 0.3) is 0 Å². The number of thiophene rings is 2. The number of rotatable bonds is 4. The van der Waals surface area contributed by atoms with E-state index < -0.39 is 0 Å². The fourth-order valence-corrected chi connectivity index (χ4v) is 2.52. The Labute approximate surface area is 127 Å². The Morgan fingerprint density at radius 3 is 1.95 bits per heavy atom. The molecule has 0 bridgehead atoms. The molecule has 0 unspecified atom stereocenters. The van der Waals surface area contributed by atoms with Crippen LogP contribution in [-0.2, 0) is 0 Å². The second-order valence-corrected chi connectivity index (χ2v) is 5.78. The van der Waals surface area contributed by atoms with Crippen molar-refractivity contribution in [1.29, 1.82) is 0 Å². The lowest BCUT2D eigenvalue weighted by atomic mass is 10.2. The van der Waals surface area contributed by atoms with E-state index in [2.05, 4.69) is 0 Å². The third kappa shape index (κ3) is 5.95. The van der Waals surface area contributed by atoms with Crippen LogP contribution in [0.1, 0.15) is 27.6 Å². The molecule has 0 saturated heterocycles. The molecule has 5 heteroatoms. The minimum Gasteiger partial charge on any atom is -0.383 e. The highest BCUT2D eigenvalue weighted by Gasteiger charge is 2.00. The summed E-state index contributed by atoms with van der Waals surface area (Å²) in [6.45, 7) is 1.57. The molecule has 0 saturated carbocycles. The zero-order chi connectivity index (χ0) is 15.0. The third-order valence-electron chi connectivity index (χ3n) is 2.26. The summed E-state index contributed by atoms with van der Waals surface area (Å²) in [6, 6.07) is 3.65. The molecule has 2 aromatic rings. The Bertz CT molecular complexity index is 555. The second-order valence-electron chi connectivity index (χ2n) is 4.22. The second kappa shape index (κ2) is 8.45. The molecule has 2 rings (SSSR count). The number of hydrogen-bond donors (Lipinski definition) is 0. The zero-order valence-corrected chi connectivity index (χ0v) is 13.3. The Hall–Kier alpha value is -1.72. The Kier molecular flexibility index (Phi) is 6.90. The summed E-state index contributed by atoms with van der Waals surface area (Å²) >= 11 is 3.08. The largest absolute Gasteiger partial charge is 0.383 e. The van der Waals surface area contributed by atoms with E-state index in [1.165, 1.54) is 11.3 Å². The van der Waals surface area contributed by atoms with Gasteiger partial charge in [0.1, 0.15) is 0 Å². The lowest BCUT2D eigenvalue weighted by Crippen LogP contribution is -2.02. The molecule has 3 nitrogen and oxygen atoms in total. The van der Waals surface area contributed by atoms with Gasteiger partial charge in [-0.15, -0.1) is 0 Å². The first kappa shape index (κ1) is 16.3. The molecule has 0 aliphatic rings. The highest BCUT2D eigenvalue weighted by atomic mass is 32.1. The predicted molar refractivity (Wildman–Crippen MR) is 85.8 cm³/mol. The Morgan fingerprint density at radius 1 is 1.05 bits per heavy atom. The first-order valence-corrected chi connectivity index (χ1v) is 7.83. The van der Waals surface area contributed by atoms with Crippen LogP contribution in [0.5, 0.6) is 0 Å². The van der Waals surface area contributed by atoms with Crippen LogP contribution < -0.4 is 0 Å². The number of Topliss-reactive ketones (excluding diaryl/α,β-unsaturated/α-hetero) is 1. The fraction of sp³-hybridized carbons (Fsp3) is 0.200. The SMILES string of the molecule is CC(=O)c1ccsc1.CN(C)/C=C/C(=O)c1ccsc1. The molecule has 20 heavy (non-hydrogen) atoms. The number of ketones is 2. The van der Waals surface area contributed by atoms with Crippen LogP contribution in [0, 0.1) is 0 Å². The van der Waals surface area contributed by atoms with E-state index in [0.29, 0.717) is 0 Å². The van der Waals surface area contributed by atoms with E-state index in [-0.39, 0.29) is 11.6 Å². The van der Waals surface area contributed by atoms with Gasteiger partial charge in [0.15, 0.2) is 11.6 Å². The van der Waals surface area contributed by atoms with E-state index in [9.17, 15) is 9.59 Å². The first-order valence-electron chi connectivity index (χ1n) is 5.95. The van der Waals surface area contributed by atoms with Crippen LogP contribution in [0.25, 0.3) is 0 Å². The van der Waals surface area contributed by atoms with Gasteiger partial charge in [-0.2, -0.15) is 22.7 Å². The van der Waals surface area contributed by atoms with Crippen molar-refractivity contribution >= 4 is 34.2 Å². The summed E-state index contributed by atoms with van der Waals surface area (Å²) in [7, 11) is 3.77. The van der Waals surface area contributed by atoms with Crippen LogP contribution in [0.3, 0.4) is 0 Å². The average Bonchev–Trinajstić information content (AvgIpc) is 3.08. The number of nitrogens with zero attached hydrogens (tertiary/aromatic N) is 1. The van der Waals surface area contributed by atoms with Crippen molar-refractivity contribution in [2.75, 3.05) is 14.1 Å². The van der Waals surface area contributed by atoms with Crippen molar-refractivity contribution in [2.45, 2.75) is 6.92 Å². The summed E-state index contributed by atoms with van der Waals surface area (Å²) in [6.07, 6.45) is 3.32. The van der Waals surface area contributed by atoms with Gasteiger partial charge in [0.05, 0.1) is 0 Å². The minimum atomic E-state index is 0.0601. The van der Waals surface area contributed by atoms with E-state index >= 15 is 0 Å². The van der Waals surface area contributed by atoms with Crippen molar-refractivity contribution in [3.05, 3.63) is 57.1 Å². The summed E-state index contributed by atoms with van der Waals surface area (Å²) in [5.41, 5.74) is 1.58. The molecular formula is C15H17NO2S2. The molecular weight excluding hydrogens is 290 g/mol. The maximum absolute atomic E-state index is 11.3. The van der Waals surface area contributed by atoms with Gasteiger partial charge in [-0.05, 0) is 29.8 Å². The van der Waals surface area contributed by atoms with E-state index in [1.54, 1.807) is 30.5 Å². The Balaban J connectivity index is 0.000000217. The summed E-state index contributed by atoms with van der Waals surface area (Å²) < 4.78 is 0. The maximum Gasteiger partial charge on any atom is 0.188 e. The molecule has 106 valence electrons. The van der Waals surface area contributed by atoms with Crippen molar-refractivity contribution < 1.29 is 9.59 Å². The predicted octanol–water partition coefficient (Wildman–Crippen LogP) is 3.96. The van der Waals surface area contributed by atoms with Crippen LogP contribution in [0.4, 0.5) is 0 Å². The van der Waals surface area contributed by atoms with E-state index in [4.69, 9.17) is 0 Å². The highest BCUT2D eigenvalue weighted by Crippen LogP contribution is 2.07. The molecule has 0 radical (unpaired) electrons. The molecule has 2 heterocycles. The summed E-state index contributed by atoms with van der Waals surface area (Å²) in [4.78, 5) is 23.7. The maximum atomic E-state index is 11.3. The first-order chi connectivity index (χ1) is 9.50. The van der Waals surface area contributed by atoms with Crippen LogP contribution in [-0.4, -0.2) is 30.6 Å². The number of hydrogen-bond acceptors (Lipinski definition) is 5. The highest BCUT2D eigenvalue weighted by molar-refractivity contribution is 7.08. The normalized spacial score (nSPS) is 9.95.